The molecule has 108 valence electrons. The van der Waals surface area contributed by atoms with E-state index in [0.717, 1.165) is 41.1 Å². The summed E-state index contributed by atoms with van der Waals surface area (Å²) in [7, 11) is 0. The molecule has 0 unspecified atom stereocenters. The third-order valence-corrected chi connectivity index (χ3v) is 5.03. The van der Waals surface area contributed by atoms with E-state index in [1.54, 1.807) is 11.3 Å². The molecule has 7 heteroatoms. The van der Waals surface area contributed by atoms with Gasteiger partial charge in [0.15, 0.2) is 5.13 Å². The molecule has 1 aliphatic rings. The van der Waals surface area contributed by atoms with Gasteiger partial charge in [0, 0.05) is 13.1 Å². The summed E-state index contributed by atoms with van der Waals surface area (Å²) in [5.74, 6) is 1.38. The number of rotatable bonds is 3. The van der Waals surface area contributed by atoms with Crippen LogP contribution in [0.1, 0.15) is 32.4 Å². The van der Waals surface area contributed by atoms with Crippen LogP contribution in [0.5, 0.6) is 0 Å². The highest BCUT2D eigenvalue weighted by Crippen LogP contribution is 2.35. The van der Waals surface area contributed by atoms with Gasteiger partial charge in [-0.1, -0.05) is 25.2 Å². The Morgan fingerprint density at radius 3 is 2.80 bits per heavy atom. The quantitative estimate of drug-likeness (QED) is 0.877. The number of thiazole rings is 1. The van der Waals surface area contributed by atoms with Gasteiger partial charge in [0.05, 0.1) is 5.69 Å². The molecule has 0 amide bonds. The van der Waals surface area contributed by atoms with Crippen LogP contribution in [0.4, 0.5) is 5.13 Å². The molecule has 0 atom stereocenters. The Kier molecular flexibility index (Phi) is 3.89. The lowest BCUT2D eigenvalue weighted by molar-refractivity contribution is 0.438. The number of aromatic amines is 1. The largest absolute Gasteiger partial charge is 0.408 e. The summed E-state index contributed by atoms with van der Waals surface area (Å²) in [6, 6.07) is 0. The van der Waals surface area contributed by atoms with E-state index < -0.39 is 0 Å². The van der Waals surface area contributed by atoms with Gasteiger partial charge in [0.25, 0.3) is 10.7 Å². The van der Waals surface area contributed by atoms with Gasteiger partial charge >= 0.3 is 0 Å². The first kappa shape index (κ1) is 13.8. The highest BCUT2D eigenvalue weighted by atomic mass is 32.1. The van der Waals surface area contributed by atoms with Crippen LogP contribution >= 0.6 is 23.6 Å². The lowest BCUT2D eigenvalue weighted by Gasteiger charge is -2.29. The van der Waals surface area contributed by atoms with Crippen LogP contribution < -0.4 is 4.90 Å². The van der Waals surface area contributed by atoms with Crippen LogP contribution in [0.3, 0.4) is 0 Å². The van der Waals surface area contributed by atoms with E-state index in [2.05, 4.69) is 28.9 Å². The predicted octanol–water partition coefficient (Wildman–Crippen LogP) is 3.65. The Morgan fingerprint density at radius 2 is 2.20 bits per heavy atom. The van der Waals surface area contributed by atoms with Gasteiger partial charge in [-0.15, -0.1) is 5.10 Å². The number of H-pyrrole nitrogens is 1. The molecule has 3 heterocycles. The number of hydrogen-bond acceptors (Lipinski definition) is 6. The molecule has 0 spiro atoms. The zero-order valence-corrected chi connectivity index (χ0v) is 13.3. The first-order valence-electron chi connectivity index (χ1n) is 6.98. The van der Waals surface area contributed by atoms with Crippen molar-refractivity contribution in [1.29, 1.82) is 0 Å². The summed E-state index contributed by atoms with van der Waals surface area (Å²) in [5.41, 5.74) is 1.04. The molecule has 0 aliphatic carbocycles. The molecule has 20 heavy (non-hydrogen) atoms. The van der Waals surface area contributed by atoms with E-state index in [1.807, 2.05) is 0 Å². The van der Waals surface area contributed by atoms with Gasteiger partial charge in [0.1, 0.15) is 4.88 Å². The molecular formula is C13H18N4OS2. The maximum atomic E-state index is 5.43. The van der Waals surface area contributed by atoms with Crippen LogP contribution in [-0.4, -0.2) is 28.3 Å². The van der Waals surface area contributed by atoms with Crippen molar-refractivity contribution in [3.8, 4) is 10.8 Å². The zero-order valence-electron chi connectivity index (χ0n) is 11.7. The molecule has 0 radical (unpaired) electrons. The van der Waals surface area contributed by atoms with Crippen LogP contribution in [0.2, 0.25) is 0 Å². The summed E-state index contributed by atoms with van der Waals surface area (Å²) >= 11 is 6.60. The molecule has 1 saturated heterocycles. The molecule has 1 aliphatic heterocycles. The van der Waals surface area contributed by atoms with Crippen molar-refractivity contribution in [2.45, 2.75) is 33.1 Å². The third kappa shape index (κ3) is 2.64. The summed E-state index contributed by atoms with van der Waals surface area (Å²) in [6.45, 7) is 6.58. The fourth-order valence-corrected chi connectivity index (χ4v) is 3.67. The average molecular weight is 310 g/mol. The Labute approximate surface area is 127 Å². The number of nitrogens with one attached hydrogen (secondary N) is 1. The van der Waals surface area contributed by atoms with Gasteiger partial charge in [-0.2, -0.15) is 0 Å². The van der Waals surface area contributed by atoms with E-state index in [4.69, 9.17) is 21.6 Å². The maximum absolute atomic E-state index is 5.43. The Morgan fingerprint density at radius 1 is 1.45 bits per heavy atom. The van der Waals surface area contributed by atoms with Crippen molar-refractivity contribution >= 4 is 28.7 Å². The molecule has 5 nitrogen and oxygen atoms in total. The minimum atomic E-state index is 0.309. The Balaban J connectivity index is 1.90. The second kappa shape index (κ2) is 5.65. The molecule has 1 N–H and O–H groups in total. The van der Waals surface area contributed by atoms with Crippen molar-refractivity contribution < 1.29 is 4.42 Å². The number of piperidine rings is 1. The molecule has 3 rings (SSSR count). The van der Waals surface area contributed by atoms with Gasteiger partial charge in [0.2, 0.25) is 0 Å². The standard InChI is InChI=1S/C13H18N4OS2/c1-3-9-10(11-15-16-13(19)18-11)20-12(14-9)17-6-4-8(2)5-7-17/h8H,3-7H2,1-2H3,(H,16,19). The first-order valence-corrected chi connectivity index (χ1v) is 8.20. The highest BCUT2D eigenvalue weighted by molar-refractivity contribution is 7.71. The lowest BCUT2D eigenvalue weighted by Crippen LogP contribution is -2.32. The van der Waals surface area contributed by atoms with E-state index >= 15 is 0 Å². The maximum Gasteiger partial charge on any atom is 0.284 e. The number of hydrogen-bond donors (Lipinski definition) is 1. The fraction of sp³-hybridized carbons (Fsp3) is 0.615. The predicted molar refractivity (Wildman–Crippen MR) is 82.8 cm³/mol. The lowest BCUT2D eigenvalue weighted by atomic mass is 10.00. The molecule has 0 saturated carbocycles. The Bertz CT molecular complexity index is 637. The summed E-state index contributed by atoms with van der Waals surface area (Å²) in [5, 5.41) is 7.87. The number of anilines is 1. The molecular weight excluding hydrogens is 292 g/mol. The first-order chi connectivity index (χ1) is 9.67. The van der Waals surface area contributed by atoms with E-state index in [1.165, 1.54) is 12.8 Å². The van der Waals surface area contributed by atoms with Crippen molar-refractivity contribution in [1.82, 2.24) is 15.2 Å². The third-order valence-electron chi connectivity index (χ3n) is 3.71. The topological polar surface area (TPSA) is 58.0 Å². The van der Waals surface area contributed by atoms with Gasteiger partial charge in [-0.25, -0.2) is 10.1 Å². The Hall–Kier alpha value is -1.21. The molecule has 1 fully saturated rings. The van der Waals surface area contributed by atoms with E-state index in [0.29, 0.717) is 10.7 Å². The van der Waals surface area contributed by atoms with Crippen LogP contribution in [0.25, 0.3) is 10.8 Å². The van der Waals surface area contributed by atoms with Crippen LogP contribution in [0, 0.1) is 10.8 Å². The summed E-state index contributed by atoms with van der Waals surface area (Å²) < 4.78 is 5.43. The van der Waals surface area contributed by atoms with Gasteiger partial charge in [-0.3, -0.25) is 0 Å². The summed E-state index contributed by atoms with van der Waals surface area (Å²) in [4.78, 5) is 8.43. The highest BCUT2D eigenvalue weighted by Gasteiger charge is 2.22. The molecule has 2 aromatic heterocycles. The van der Waals surface area contributed by atoms with Gasteiger partial charge < -0.3 is 9.32 Å². The minimum Gasteiger partial charge on any atom is -0.408 e. The molecule has 0 aromatic carbocycles. The monoisotopic (exact) mass is 310 g/mol. The van der Waals surface area contributed by atoms with Crippen LogP contribution in [-0.2, 0) is 6.42 Å². The van der Waals surface area contributed by atoms with Gasteiger partial charge in [-0.05, 0) is 37.4 Å². The second-order valence-corrected chi connectivity index (χ2v) is 6.56. The van der Waals surface area contributed by atoms with Crippen molar-refractivity contribution in [3.05, 3.63) is 10.5 Å². The number of aryl methyl sites for hydroxylation is 1. The molecule has 0 bridgehead atoms. The number of nitrogens with zero attached hydrogens (tertiary/aromatic N) is 3. The van der Waals surface area contributed by atoms with E-state index in [9.17, 15) is 0 Å². The smallest absolute Gasteiger partial charge is 0.284 e. The van der Waals surface area contributed by atoms with Crippen molar-refractivity contribution in [2.75, 3.05) is 18.0 Å². The zero-order chi connectivity index (χ0) is 14.1. The fourth-order valence-electron chi connectivity index (χ4n) is 2.41. The second-order valence-electron chi connectivity index (χ2n) is 5.21. The molecule has 2 aromatic rings. The average Bonchev–Trinajstić information content (AvgIpc) is 3.05. The summed E-state index contributed by atoms with van der Waals surface area (Å²) in [6.07, 6.45) is 3.34. The minimum absolute atomic E-state index is 0.309. The number of aromatic nitrogens is 3. The normalized spacial score (nSPS) is 16.8. The van der Waals surface area contributed by atoms with Crippen molar-refractivity contribution in [2.24, 2.45) is 5.92 Å². The van der Waals surface area contributed by atoms with Crippen LogP contribution in [0.15, 0.2) is 4.42 Å². The van der Waals surface area contributed by atoms with E-state index in [-0.39, 0.29) is 0 Å². The SMILES string of the molecule is CCc1nc(N2CCC(C)CC2)sc1-c1n[nH]c(=S)o1. The van der Waals surface area contributed by atoms with Crippen molar-refractivity contribution in [3.63, 3.8) is 0 Å².